The normalized spacial score (nSPS) is 10.9. The molecule has 178 valence electrons. The maximum Gasteiger partial charge on any atom is 0.346 e. The molecule has 0 amide bonds. The van der Waals surface area contributed by atoms with Gasteiger partial charge in [-0.2, -0.15) is 0 Å². The number of halogens is 10. The monoisotopic (exact) mass is 658 g/mol. The lowest BCUT2D eigenvalue weighted by Gasteiger charge is -2.15. The first-order chi connectivity index (χ1) is 15.9. The summed E-state index contributed by atoms with van der Waals surface area (Å²) in [7, 11) is 0. The van der Waals surface area contributed by atoms with E-state index >= 15 is 0 Å². The van der Waals surface area contributed by atoms with Crippen LogP contribution in [0.15, 0.2) is 24.3 Å². The zero-order valence-corrected chi connectivity index (χ0v) is 23.3. The molecular formula is C20H4Cl10O4. The third-order valence-electron chi connectivity index (χ3n) is 4.08. The van der Waals surface area contributed by atoms with E-state index in [4.69, 9.17) is 125 Å². The van der Waals surface area contributed by atoms with Crippen molar-refractivity contribution >= 4 is 128 Å². The summed E-state index contributed by atoms with van der Waals surface area (Å²) in [6, 6.07) is 5.31. The van der Waals surface area contributed by atoms with Gasteiger partial charge in [-0.1, -0.05) is 116 Å². The lowest BCUT2D eigenvalue weighted by molar-refractivity contribution is 0.0721. The van der Waals surface area contributed by atoms with Crippen LogP contribution in [0.5, 0.6) is 11.5 Å². The van der Waals surface area contributed by atoms with Crippen LogP contribution < -0.4 is 9.47 Å². The smallest absolute Gasteiger partial charge is 0.346 e. The number of rotatable bonds is 4. The van der Waals surface area contributed by atoms with Crippen molar-refractivity contribution in [3.05, 3.63) is 85.6 Å². The van der Waals surface area contributed by atoms with E-state index in [1.165, 1.54) is 24.3 Å². The molecule has 0 radical (unpaired) electrons. The van der Waals surface area contributed by atoms with E-state index < -0.39 is 43.2 Å². The van der Waals surface area contributed by atoms with Gasteiger partial charge < -0.3 is 9.47 Å². The average molecular weight is 663 g/mol. The van der Waals surface area contributed by atoms with Crippen molar-refractivity contribution in [3.63, 3.8) is 0 Å². The molecule has 0 N–H and O–H groups in total. The van der Waals surface area contributed by atoms with Crippen molar-refractivity contribution in [2.45, 2.75) is 0 Å². The quantitative estimate of drug-likeness (QED) is 0.121. The standard InChI is InChI=1S/C20H4Cl10O4/c21-5-1-3-7(13(25)11(5)23)33-19(31)9-15(27)17(29)10(18(30)16(9)28)20(32)34-8-4-2-6(22)12(24)14(8)26/h1-4H. The van der Waals surface area contributed by atoms with Crippen LogP contribution in [-0.4, -0.2) is 11.9 Å². The Morgan fingerprint density at radius 1 is 0.441 bits per heavy atom. The zero-order valence-electron chi connectivity index (χ0n) is 15.7. The SMILES string of the molecule is O=C(Oc1ccc(Cl)c(Cl)c1Cl)c1c(Cl)c(Cl)c(C(=O)Oc2ccc(Cl)c(Cl)c2Cl)c(Cl)c1Cl. The molecule has 4 nitrogen and oxygen atoms in total. The summed E-state index contributed by atoms with van der Waals surface area (Å²) < 4.78 is 10.4. The van der Waals surface area contributed by atoms with Crippen LogP contribution in [0.1, 0.15) is 20.7 Å². The number of benzene rings is 3. The predicted octanol–water partition coefficient (Wildman–Crippen LogP) is 10.7. The minimum absolute atomic E-state index is 0.0408. The molecule has 3 rings (SSSR count). The van der Waals surface area contributed by atoms with Gasteiger partial charge in [0, 0.05) is 0 Å². The molecule has 3 aromatic carbocycles. The Kier molecular flexibility index (Phi) is 9.30. The molecule has 3 aromatic rings. The van der Waals surface area contributed by atoms with Crippen LogP contribution in [-0.2, 0) is 0 Å². The highest BCUT2D eigenvalue weighted by molar-refractivity contribution is 6.53. The van der Waals surface area contributed by atoms with E-state index in [1.54, 1.807) is 0 Å². The van der Waals surface area contributed by atoms with Gasteiger partial charge in [0.05, 0.1) is 40.2 Å². The molecule has 0 aliphatic rings. The molecule has 0 aromatic heterocycles. The Hall–Kier alpha value is -0.500. The van der Waals surface area contributed by atoms with Crippen molar-refractivity contribution in [2.24, 2.45) is 0 Å². The maximum atomic E-state index is 12.8. The number of carbonyl (C=O) groups is 2. The van der Waals surface area contributed by atoms with Crippen LogP contribution in [0, 0.1) is 0 Å². The van der Waals surface area contributed by atoms with E-state index in [-0.39, 0.29) is 41.6 Å². The first-order valence-corrected chi connectivity index (χ1v) is 12.2. The van der Waals surface area contributed by atoms with Crippen LogP contribution in [0.25, 0.3) is 0 Å². The molecule has 0 aliphatic heterocycles. The summed E-state index contributed by atoms with van der Waals surface area (Å²) in [5.74, 6) is -2.46. The zero-order chi connectivity index (χ0) is 25.5. The third kappa shape index (κ3) is 5.42. The molecular weight excluding hydrogens is 659 g/mol. The highest BCUT2D eigenvalue weighted by atomic mass is 35.5. The van der Waals surface area contributed by atoms with Gasteiger partial charge in [-0.3, -0.25) is 0 Å². The van der Waals surface area contributed by atoms with E-state index in [2.05, 4.69) is 0 Å². The number of esters is 2. The van der Waals surface area contributed by atoms with Gasteiger partial charge in [-0.15, -0.1) is 0 Å². The first-order valence-electron chi connectivity index (χ1n) is 8.44. The fourth-order valence-corrected chi connectivity index (χ4v) is 4.76. The van der Waals surface area contributed by atoms with E-state index in [1.807, 2.05) is 0 Å². The van der Waals surface area contributed by atoms with Crippen LogP contribution in [0.4, 0.5) is 0 Å². The fourth-order valence-electron chi connectivity index (χ4n) is 2.47. The molecule has 34 heavy (non-hydrogen) atoms. The number of hydrogen-bond acceptors (Lipinski definition) is 4. The summed E-state index contributed by atoms with van der Waals surface area (Å²) in [5, 5.41) is -1.84. The second-order valence-corrected chi connectivity index (χ2v) is 9.97. The summed E-state index contributed by atoms with van der Waals surface area (Å²) in [6.45, 7) is 0. The fraction of sp³-hybridized carbons (Fsp3) is 0. The van der Waals surface area contributed by atoms with Gasteiger partial charge in [-0.05, 0) is 24.3 Å². The number of hydrogen-bond donors (Lipinski definition) is 0. The lowest BCUT2D eigenvalue weighted by Crippen LogP contribution is -2.15. The predicted molar refractivity (Wildman–Crippen MR) is 139 cm³/mol. The van der Waals surface area contributed by atoms with Crippen molar-refractivity contribution < 1.29 is 19.1 Å². The Morgan fingerprint density at radius 3 is 1.03 bits per heavy atom. The van der Waals surface area contributed by atoms with Crippen LogP contribution in [0.3, 0.4) is 0 Å². The third-order valence-corrected chi connectivity index (χ3v) is 8.33. The summed E-state index contributed by atoms with van der Waals surface area (Å²) in [4.78, 5) is 25.6. The summed E-state index contributed by atoms with van der Waals surface area (Å²) >= 11 is 60.6. The van der Waals surface area contributed by atoms with Gasteiger partial charge in [0.25, 0.3) is 0 Å². The van der Waals surface area contributed by atoms with E-state index in [0.29, 0.717) is 0 Å². The van der Waals surface area contributed by atoms with Crippen molar-refractivity contribution in [2.75, 3.05) is 0 Å². The van der Waals surface area contributed by atoms with Crippen molar-refractivity contribution in [3.8, 4) is 11.5 Å². The molecule has 0 bridgehead atoms. The number of ether oxygens (including phenoxy) is 2. The average Bonchev–Trinajstić information content (AvgIpc) is 2.79. The molecule has 0 aliphatic carbocycles. The van der Waals surface area contributed by atoms with Gasteiger partial charge in [0.2, 0.25) is 0 Å². The van der Waals surface area contributed by atoms with Crippen LogP contribution in [0.2, 0.25) is 50.2 Å². The van der Waals surface area contributed by atoms with Crippen molar-refractivity contribution in [1.29, 1.82) is 0 Å². The largest absolute Gasteiger partial charge is 0.421 e. The van der Waals surface area contributed by atoms with E-state index in [9.17, 15) is 9.59 Å². The summed E-state index contributed by atoms with van der Waals surface area (Å²) in [6.07, 6.45) is 0. The van der Waals surface area contributed by atoms with Gasteiger partial charge in [0.1, 0.15) is 21.2 Å². The molecule has 0 heterocycles. The Bertz CT molecular complexity index is 1220. The Labute approximate surface area is 242 Å². The molecule has 0 saturated carbocycles. The second kappa shape index (κ2) is 11.3. The van der Waals surface area contributed by atoms with Gasteiger partial charge in [-0.25, -0.2) is 9.59 Å². The Balaban J connectivity index is 2.00. The molecule has 0 atom stereocenters. The number of carbonyl (C=O) groups excluding carboxylic acids is 2. The molecule has 0 spiro atoms. The highest BCUT2D eigenvalue weighted by Gasteiger charge is 2.31. The minimum atomic E-state index is -1.09. The summed E-state index contributed by atoms with van der Waals surface area (Å²) in [5.41, 5.74) is -0.880. The van der Waals surface area contributed by atoms with Crippen molar-refractivity contribution in [1.82, 2.24) is 0 Å². The first kappa shape index (κ1) is 28.1. The highest BCUT2D eigenvalue weighted by Crippen LogP contribution is 2.44. The molecule has 0 unspecified atom stereocenters. The Morgan fingerprint density at radius 2 is 0.735 bits per heavy atom. The van der Waals surface area contributed by atoms with Gasteiger partial charge in [0.15, 0.2) is 11.5 Å². The van der Waals surface area contributed by atoms with Crippen LogP contribution >= 0.6 is 116 Å². The molecule has 0 saturated heterocycles. The minimum Gasteiger partial charge on any atom is -0.421 e. The van der Waals surface area contributed by atoms with Gasteiger partial charge >= 0.3 is 11.9 Å². The topological polar surface area (TPSA) is 52.6 Å². The molecule has 14 heteroatoms. The lowest BCUT2D eigenvalue weighted by atomic mass is 10.1. The van der Waals surface area contributed by atoms with E-state index in [0.717, 1.165) is 0 Å². The second-order valence-electron chi connectivity index (χ2n) is 6.13. The maximum absolute atomic E-state index is 12.8. The molecule has 0 fully saturated rings.